The molecule has 0 radical (unpaired) electrons. The lowest BCUT2D eigenvalue weighted by molar-refractivity contribution is -0.0372. The van der Waals surface area contributed by atoms with E-state index in [1.807, 2.05) is 31.6 Å². The molecular formula is C23H35IN6O3S. The lowest BCUT2D eigenvalue weighted by atomic mass is 9.73. The Morgan fingerprint density at radius 1 is 1.24 bits per heavy atom. The summed E-state index contributed by atoms with van der Waals surface area (Å²) in [6, 6.07) is 0.0785. The number of nitrogens with zero attached hydrogens (tertiary/aromatic N) is 5. The molecule has 1 N–H and O–H groups in total. The molecule has 5 rings (SSSR count). The first kappa shape index (κ1) is 24.9. The van der Waals surface area contributed by atoms with Gasteiger partial charge in [0.1, 0.15) is 16.1 Å². The van der Waals surface area contributed by atoms with Gasteiger partial charge >= 0.3 is 0 Å². The van der Waals surface area contributed by atoms with Crippen LogP contribution in [0, 0.1) is 9.12 Å². The van der Waals surface area contributed by atoms with Crippen molar-refractivity contribution < 1.29 is 14.0 Å². The van der Waals surface area contributed by atoms with Crippen LogP contribution in [0.4, 0.5) is 5.82 Å². The highest BCUT2D eigenvalue weighted by Gasteiger charge is 2.52. The number of hydrogen-bond donors (Lipinski definition) is 1. The van der Waals surface area contributed by atoms with E-state index in [1.165, 1.54) is 0 Å². The summed E-state index contributed by atoms with van der Waals surface area (Å²) >= 11 is 1.10. The van der Waals surface area contributed by atoms with Crippen LogP contribution in [0.5, 0.6) is 0 Å². The number of aromatic nitrogens is 4. The lowest BCUT2D eigenvalue weighted by Crippen LogP contribution is -2.56. The van der Waals surface area contributed by atoms with Crippen molar-refractivity contribution in [1.82, 2.24) is 24.5 Å². The molecule has 3 aliphatic rings. The summed E-state index contributed by atoms with van der Waals surface area (Å²) in [5.74, 6) is 0.880. The van der Waals surface area contributed by atoms with Gasteiger partial charge in [-0.1, -0.05) is 0 Å². The Kier molecular flexibility index (Phi) is 7.06. The van der Waals surface area contributed by atoms with Gasteiger partial charge in [-0.3, -0.25) is 0 Å². The van der Waals surface area contributed by atoms with E-state index in [9.17, 15) is 4.55 Å². The van der Waals surface area contributed by atoms with Crippen molar-refractivity contribution in [2.75, 3.05) is 31.2 Å². The number of hydrogen-bond acceptors (Lipinski definition) is 8. The Labute approximate surface area is 218 Å². The van der Waals surface area contributed by atoms with Gasteiger partial charge in [-0.2, -0.15) is 5.10 Å². The summed E-state index contributed by atoms with van der Waals surface area (Å²) in [6.07, 6.45) is 6.95. The van der Waals surface area contributed by atoms with Crippen LogP contribution in [0.3, 0.4) is 0 Å². The maximum absolute atomic E-state index is 12.9. The van der Waals surface area contributed by atoms with Crippen molar-refractivity contribution in [2.24, 2.45) is 5.41 Å². The molecule has 11 heteroatoms. The zero-order valence-corrected chi connectivity index (χ0v) is 23.4. The molecule has 3 saturated heterocycles. The van der Waals surface area contributed by atoms with Crippen LogP contribution < -0.4 is 9.62 Å². The molecule has 2 aromatic rings. The third kappa shape index (κ3) is 4.68. The fourth-order valence-corrected chi connectivity index (χ4v) is 6.90. The van der Waals surface area contributed by atoms with Gasteiger partial charge < -0.3 is 18.9 Å². The van der Waals surface area contributed by atoms with E-state index in [0.29, 0.717) is 6.61 Å². The second kappa shape index (κ2) is 9.62. The highest BCUT2D eigenvalue weighted by atomic mass is 127. The second-order valence-electron chi connectivity index (χ2n) is 10.8. The predicted octanol–water partition coefficient (Wildman–Crippen LogP) is 3.56. The molecular weight excluding hydrogens is 567 g/mol. The van der Waals surface area contributed by atoms with Gasteiger partial charge in [-0.25, -0.2) is 14.6 Å². The average Bonchev–Trinajstić information content (AvgIpc) is 3.31. The summed E-state index contributed by atoms with van der Waals surface area (Å²) < 4.78 is 30.8. The molecule has 0 bridgehead atoms. The van der Waals surface area contributed by atoms with Gasteiger partial charge in [0.25, 0.3) is 0 Å². The summed E-state index contributed by atoms with van der Waals surface area (Å²) in [7, 11) is 0. The number of halogens is 1. The lowest BCUT2D eigenvalue weighted by Gasteiger charge is -2.43. The number of fused-ring (bicyclic) bond motifs is 1. The van der Waals surface area contributed by atoms with Crippen molar-refractivity contribution in [3.63, 3.8) is 0 Å². The largest absolute Gasteiger partial charge is 0.598 e. The van der Waals surface area contributed by atoms with E-state index < -0.39 is 11.4 Å². The smallest absolute Gasteiger partial charge is 0.182 e. The molecule has 1 spiro atoms. The first-order valence-electron chi connectivity index (χ1n) is 12.2. The third-order valence-corrected chi connectivity index (χ3v) is 9.72. The highest BCUT2D eigenvalue weighted by Crippen LogP contribution is 2.43. The number of nitrogens with one attached hydrogen (secondary N) is 1. The highest BCUT2D eigenvalue weighted by molar-refractivity contribution is 14.1. The zero-order valence-electron chi connectivity index (χ0n) is 20.4. The molecule has 9 nitrogen and oxygen atoms in total. The SMILES string of the molecule is C[C@@H]1OCC2(CCN(c3cnc4c(I)nn([C@@H]5CCCCO5)c4n3)CC2)[C@@H]1N[S+]([O-])C(C)(C)C. The van der Waals surface area contributed by atoms with Crippen LogP contribution >= 0.6 is 22.6 Å². The molecule has 0 amide bonds. The van der Waals surface area contributed by atoms with E-state index in [2.05, 4.69) is 39.1 Å². The van der Waals surface area contributed by atoms with Crippen LogP contribution in [0.25, 0.3) is 11.2 Å². The Balaban J connectivity index is 1.33. The first-order chi connectivity index (χ1) is 16.2. The maximum Gasteiger partial charge on any atom is 0.182 e. The van der Waals surface area contributed by atoms with Crippen molar-refractivity contribution >= 4 is 50.9 Å². The molecule has 0 aliphatic carbocycles. The topological polar surface area (TPSA) is 100 Å². The number of ether oxygens (including phenoxy) is 2. The molecule has 5 heterocycles. The van der Waals surface area contributed by atoms with Crippen LogP contribution in [-0.4, -0.2) is 67.5 Å². The van der Waals surface area contributed by atoms with Crippen molar-refractivity contribution in [3.8, 4) is 0 Å². The number of piperidine rings is 1. The summed E-state index contributed by atoms with van der Waals surface area (Å²) in [4.78, 5) is 12.0. The first-order valence-corrected chi connectivity index (χ1v) is 14.5. The van der Waals surface area contributed by atoms with E-state index in [1.54, 1.807) is 0 Å². The van der Waals surface area contributed by atoms with Crippen molar-refractivity contribution in [2.45, 2.75) is 82.9 Å². The number of anilines is 1. The molecule has 2 aromatic heterocycles. The minimum Gasteiger partial charge on any atom is -0.598 e. The van der Waals surface area contributed by atoms with Crippen molar-refractivity contribution in [1.29, 1.82) is 0 Å². The Hall–Kier alpha value is -0.730. The van der Waals surface area contributed by atoms with Gasteiger partial charge in [0.2, 0.25) is 0 Å². The van der Waals surface area contributed by atoms with Crippen LogP contribution in [0.15, 0.2) is 6.20 Å². The average molecular weight is 603 g/mol. The zero-order chi connectivity index (χ0) is 24.1. The quantitative estimate of drug-likeness (QED) is 0.419. The van der Waals surface area contributed by atoms with Crippen LogP contribution in [-0.2, 0) is 20.8 Å². The molecule has 3 aliphatic heterocycles. The predicted molar refractivity (Wildman–Crippen MR) is 141 cm³/mol. The Morgan fingerprint density at radius 2 is 2.00 bits per heavy atom. The summed E-state index contributed by atoms with van der Waals surface area (Å²) in [6.45, 7) is 11.3. The standard InChI is InChI=1S/C23H35IN6O3S/c1-15-19(28-34(31)22(2,3)4)23(14-33-15)8-10-29(11-9-23)16-13-25-18-20(24)27-30(21(18)26-16)17-7-5-6-12-32-17/h13,15,17,19,28H,5-12,14H2,1-4H3/t15-,17-,19+,34?/m0/s1. The minimum absolute atomic E-state index is 0.0125. The number of rotatable bonds is 4. The fourth-order valence-electron chi connectivity index (χ4n) is 5.27. The van der Waals surface area contributed by atoms with Gasteiger partial charge in [-0.15, -0.1) is 4.72 Å². The molecule has 34 heavy (non-hydrogen) atoms. The van der Waals surface area contributed by atoms with Gasteiger partial charge in [-0.05, 0) is 82.4 Å². The van der Waals surface area contributed by atoms with Gasteiger partial charge in [0, 0.05) is 36.5 Å². The molecule has 0 aromatic carbocycles. The minimum atomic E-state index is -1.13. The Morgan fingerprint density at radius 3 is 2.68 bits per heavy atom. The Bertz CT molecular complexity index is 1020. The maximum atomic E-state index is 12.9. The molecule has 1 unspecified atom stereocenters. The van der Waals surface area contributed by atoms with E-state index in [0.717, 1.165) is 72.5 Å². The fraction of sp³-hybridized carbons (Fsp3) is 0.783. The van der Waals surface area contributed by atoms with Crippen LogP contribution in [0.2, 0.25) is 0 Å². The van der Waals surface area contributed by atoms with Crippen LogP contribution in [0.1, 0.15) is 66.0 Å². The molecule has 188 valence electrons. The summed E-state index contributed by atoms with van der Waals surface area (Å²) in [5, 5.41) is 4.70. The molecule has 4 atom stereocenters. The normalized spacial score (nSPS) is 28.6. The van der Waals surface area contributed by atoms with E-state index >= 15 is 0 Å². The molecule has 0 saturated carbocycles. The van der Waals surface area contributed by atoms with Crippen molar-refractivity contribution in [3.05, 3.63) is 9.90 Å². The van der Waals surface area contributed by atoms with Gasteiger partial charge in [0.05, 0.1) is 24.9 Å². The summed E-state index contributed by atoms with van der Waals surface area (Å²) in [5.41, 5.74) is 1.62. The second-order valence-corrected chi connectivity index (χ2v) is 13.8. The van der Waals surface area contributed by atoms with Gasteiger partial charge in [0.15, 0.2) is 15.6 Å². The monoisotopic (exact) mass is 602 g/mol. The van der Waals surface area contributed by atoms with E-state index in [4.69, 9.17) is 24.5 Å². The third-order valence-electron chi connectivity index (χ3n) is 7.41. The molecule has 3 fully saturated rings. The van der Waals surface area contributed by atoms with E-state index in [-0.39, 0.29) is 28.5 Å².